The molecule has 206 valence electrons. The van der Waals surface area contributed by atoms with Crippen molar-refractivity contribution < 1.29 is 37.4 Å². The summed E-state index contributed by atoms with van der Waals surface area (Å²) < 4.78 is 30.9. The Morgan fingerprint density at radius 3 is 1.92 bits per heavy atom. The molecule has 0 spiro atoms. The summed E-state index contributed by atoms with van der Waals surface area (Å²) in [5, 5.41) is 5.15. The fourth-order valence-corrected chi connectivity index (χ4v) is 10.9. The van der Waals surface area contributed by atoms with Crippen molar-refractivity contribution in [3.8, 4) is 0 Å². The van der Waals surface area contributed by atoms with E-state index in [2.05, 4.69) is 52.2 Å². The van der Waals surface area contributed by atoms with Crippen LogP contribution in [0.4, 0.5) is 4.79 Å². The Morgan fingerprint density at radius 1 is 0.833 bits per heavy atom. The lowest BCUT2D eigenvalue weighted by atomic mass is 9.95. The van der Waals surface area contributed by atoms with Gasteiger partial charge in [0.25, 0.3) is 0 Å². The SMILES string of the molecule is CC(=O)O[C@H]1[C@@H]2O[Si](C(C)(C)C)(C(C)(C)C)OC[C@H]2O[C@H](NC(=O)NC2CCCCC2)[C@H]1OC(C)=O. The van der Waals surface area contributed by atoms with Crippen molar-refractivity contribution in [3.05, 3.63) is 0 Å². The smallest absolute Gasteiger partial charge is 0.349 e. The first-order valence-electron chi connectivity index (χ1n) is 13.0. The monoisotopic (exact) mass is 528 g/mol. The minimum atomic E-state index is -2.95. The second-order valence-electron chi connectivity index (χ2n) is 12.2. The first-order chi connectivity index (χ1) is 16.6. The van der Waals surface area contributed by atoms with E-state index in [4.69, 9.17) is 23.1 Å². The molecule has 3 fully saturated rings. The van der Waals surface area contributed by atoms with Crippen LogP contribution in [0.3, 0.4) is 0 Å². The molecule has 2 heterocycles. The predicted octanol–water partition coefficient (Wildman–Crippen LogP) is 3.66. The summed E-state index contributed by atoms with van der Waals surface area (Å²) >= 11 is 0. The Hall–Kier alpha value is -1.69. The maximum atomic E-state index is 12.9. The van der Waals surface area contributed by atoms with E-state index in [-0.39, 0.29) is 22.7 Å². The summed E-state index contributed by atoms with van der Waals surface area (Å²) in [7, 11) is -2.95. The lowest BCUT2D eigenvalue weighted by molar-refractivity contribution is -0.259. The van der Waals surface area contributed by atoms with Crippen molar-refractivity contribution in [2.75, 3.05) is 6.61 Å². The van der Waals surface area contributed by atoms with E-state index in [0.717, 1.165) is 25.7 Å². The standard InChI is InChI=1S/C25H44N2O8Si/c1-15(28)32-20-19-18(14-31-36(35-19,24(3,4)5)25(6,7)8)34-22(21(20)33-16(2)29)27-23(30)26-17-12-10-9-11-13-17/h17-22H,9-14H2,1-8H3,(H2,26,27,30)/t18-,19-,20+,21+,22+/m1/s1. The molecule has 11 heteroatoms. The van der Waals surface area contributed by atoms with E-state index in [1.165, 1.54) is 20.3 Å². The van der Waals surface area contributed by atoms with Crippen LogP contribution in [0.15, 0.2) is 0 Å². The van der Waals surface area contributed by atoms with E-state index in [1.54, 1.807) is 0 Å². The molecule has 2 amide bonds. The summed E-state index contributed by atoms with van der Waals surface area (Å²) in [5.41, 5.74) is 0. The Bertz CT molecular complexity index is 804. The zero-order valence-corrected chi connectivity index (χ0v) is 24.0. The second-order valence-corrected chi connectivity index (χ2v) is 17.0. The average Bonchev–Trinajstić information content (AvgIpc) is 2.74. The predicted molar refractivity (Wildman–Crippen MR) is 134 cm³/mol. The average molecular weight is 529 g/mol. The molecule has 36 heavy (non-hydrogen) atoms. The molecule has 5 atom stereocenters. The number of rotatable bonds is 4. The van der Waals surface area contributed by atoms with Gasteiger partial charge >= 0.3 is 26.5 Å². The first-order valence-corrected chi connectivity index (χ1v) is 14.8. The molecule has 0 aromatic heterocycles. The number of carbonyl (C=O) groups excluding carboxylic acids is 3. The van der Waals surface area contributed by atoms with Crippen LogP contribution in [0, 0.1) is 0 Å². The molecule has 0 unspecified atom stereocenters. The molecule has 3 aliphatic rings. The summed E-state index contributed by atoms with van der Waals surface area (Å²) in [6, 6.07) is -0.340. The molecule has 1 saturated carbocycles. The third-order valence-corrected chi connectivity index (χ3v) is 12.3. The Morgan fingerprint density at radius 2 is 1.39 bits per heavy atom. The summed E-state index contributed by atoms with van der Waals surface area (Å²) in [6.45, 7) is 15.3. The van der Waals surface area contributed by atoms with Gasteiger partial charge in [0.2, 0.25) is 0 Å². The molecule has 0 aromatic carbocycles. The van der Waals surface area contributed by atoms with Crippen LogP contribution in [0.25, 0.3) is 0 Å². The number of fused-ring (bicyclic) bond motifs is 1. The summed E-state index contributed by atoms with van der Waals surface area (Å²) in [5.74, 6) is -1.13. The Kier molecular flexibility index (Phi) is 8.79. The topological polar surface area (TPSA) is 121 Å². The number of nitrogens with one attached hydrogen (secondary N) is 2. The number of esters is 2. The highest BCUT2D eigenvalue weighted by atomic mass is 28.4. The van der Waals surface area contributed by atoms with Crippen molar-refractivity contribution in [3.63, 3.8) is 0 Å². The zero-order valence-electron chi connectivity index (χ0n) is 23.0. The highest BCUT2D eigenvalue weighted by Crippen LogP contribution is 2.55. The zero-order chi connectivity index (χ0) is 26.9. The van der Waals surface area contributed by atoms with Gasteiger partial charge in [-0.2, -0.15) is 0 Å². The van der Waals surface area contributed by atoms with Gasteiger partial charge in [0, 0.05) is 30.0 Å². The number of hydrogen-bond acceptors (Lipinski definition) is 8. The Labute approximate surface area is 215 Å². The van der Waals surface area contributed by atoms with E-state index in [1.807, 2.05) is 0 Å². The van der Waals surface area contributed by atoms with Gasteiger partial charge in [-0.3, -0.25) is 9.59 Å². The molecule has 0 aromatic rings. The molecule has 2 N–H and O–H groups in total. The van der Waals surface area contributed by atoms with Crippen LogP contribution in [0.5, 0.6) is 0 Å². The molecule has 0 radical (unpaired) electrons. The van der Waals surface area contributed by atoms with Crippen LogP contribution in [0.2, 0.25) is 10.1 Å². The molecule has 2 saturated heterocycles. The van der Waals surface area contributed by atoms with Gasteiger partial charge in [0.15, 0.2) is 18.4 Å². The normalized spacial score (nSPS) is 31.1. The van der Waals surface area contributed by atoms with Gasteiger partial charge < -0.3 is 33.7 Å². The van der Waals surface area contributed by atoms with E-state index in [0.29, 0.717) is 0 Å². The van der Waals surface area contributed by atoms with E-state index < -0.39 is 57.2 Å². The van der Waals surface area contributed by atoms with Gasteiger partial charge in [0.05, 0.1) is 6.61 Å². The largest absolute Gasteiger partial charge is 0.456 e. The van der Waals surface area contributed by atoms with Crippen molar-refractivity contribution in [1.29, 1.82) is 0 Å². The fraction of sp³-hybridized carbons (Fsp3) is 0.880. The summed E-state index contributed by atoms with van der Waals surface area (Å²) in [4.78, 5) is 37.1. The summed E-state index contributed by atoms with van der Waals surface area (Å²) in [6.07, 6.45) is 0.669. The molecule has 10 nitrogen and oxygen atoms in total. The maximum Gasteiger partial charge on any atom is 0.349 e. The molecule has 0 bridgehead atoms. The highest BCUT2D eigenvalue weighted by Gasteiger charge is 2.65. The second kappa shape index (κ2) is 11.0. The quantitative estimate of drug-likeness (QED) is 0.419. The van der Waals surface area contributed by atoms with Gasteiger partial charge in [-0.25, -0.2) is 4.79 Å². The molecule has 2 aliphatic heterocycles. The van der Waals surface area contributed by atoms with Gasteiger partial charge in [-0.15, -0.1) is 0 Å². The van der Waals surface area contributed by atoms with Crippen molar-refractivity contribution in [2.45, 2.75) is 134 Å². The van der Waals surface area contributed by atoms with Crippen LogP contribution < -0.4 is 10.6 Å². The van der Waals surface area contributed by atoms with Crippen LogP contribution in [-0.2, 0) is 32.7 Å². The highest BCUT2D eigenvalue weighted by molar-refractivity contribution is 6.73. The molecule has 3 rings (SSSR count). The molecular formula is C25H44N2O8Si. The third-order valence-electron chi connectivity index (χ3n) is 7.18. The van der Waals surface area contributed by atoms with Gasteiger partial charge in [0.1, 0.15) is 12.2 Å². The van der Waals surface area contributed by atoms with Crippen molar-refractivity contribution in [1.82, 2.24) is 10.6 Å². The number of hydrogen-bond donors (Lipinski definition) is 2. The lowest BCUT2D eigenvalue weighted by Crippen LogP contribution is -2.73. The third kappa shape index (κ3) is 6.23. The number of carbonyl (C=O) groups is 3. The molecular weight excluding hydrogens is 484 g/mol. The van der Waals surface area contributed by atoms with Crippen LogP contribution in [0.1, 0.15) is 87.5 Å². The van der Waals surface area contributed by atoms with Gasteiger partial charge in [-0.1, -0.05) is 60.8 Å². The first kappa shape index (κ1) is 28.9. The molecule has 1 aliphatic carbocycles. The Balaban J connectivity index is 1.90. The minimum absolute atomic E-state index is 0.0815. The van der Waals surface area contributed by atoms with Crippen molar-refractivity contribution in [2.24, 2.45) is 0 Å². The number of urea groups is 1. The van der Waals surface area contributed by atoms with E-state index >= 15 is 0 Å². The number of ether oxygens (including phenoxy) is 3. The number of amides is 2. The van der Waals surface area contributed by atoms with E-state index in [9.17, 15) is 14.4 Å². The van der Waals surface area contributed by atoms with Crippen molar-refractivity contribution >= 4 is 26.5 Å². The van der Waals surface area contributed by atoms with Crippen LogP contribution >= 0.6 is 0 Å². The van der Waals surface area contributed by atoms with Crippen LogP contribution in [-0.4, -0.2) is 69.8 Å². The minimum Gasteiger partial charge on any atom is -0.456 e. The lowest BCUT2D eigenvalue weighted by Gasteiger charge is -2.57. The maximum absolute atomic E-state index is 12.9. The van der Waals surface area contributed by atoms with Gasteiger partial charge in [-0.05, 0) is 12.8 Å². The fourth-order valence-electron chi connectivity index (χ4n) is 5.89.